The molecule has 1 aliphatic rings. The highest BCUT2D eigenvalue weighted by Crippen LogP contribution is 2.11. The number of carbonyl (C=O) groups is 1. The number of primary amides is 1. The van der Waals surface area contributed by atoms with Gasteiger partial charge < -0.3 is 5.73 Å². The average molecular weight is 168 g/mol. The number of rotatable bonds is 2. The number of nitrogens with two attached hydrogens (primary N) is 1. The average Bonchev–Trinajstić information content (AvgIpc) is 2.14. The van der Waals surface area contributed by atoms with E-state index in [9.17, 15) is 4.79 Å². The van der Waals surface area contributed by atoms with Crippen LogP contribution in [-0.4, -0.2) is 12.1 Å². The quantitative estimate of drug-likeness (QED) is 0.626. The lowest BCUT2D eigenvalue weighted by atomic mass is 10.2. The van der Waals surface area contributed by atoms with E-state index < -0.39 is 0 Å². The molecule has 0 aromatic rings. The number of hydrogen-bond donors (Lipinski definition) is 1. The minimum Gasteiger partial charge on any atom is -0.369 e. The minimum atomic E-state index is -0.318. The van der Waals surface area contributed by atoms with Crippen LogP contribution in [0.1, 0.15) is 6.42 Å². The van der Waals surface area contributed by atoms with Gasteiger partial charge in [-0.25, -0.2) is 4.40 Å². The van der Waals surface area contributed by atoms with Crippen molar-refractivity contribution in [3.05, 3.63) is 23.1 Å². The van der Waals surface area contributed by atoms with Gasteiger partial charge in [-0.05, 0) is 17.1 Å². The van der Waals surface area contributed by atoms with E-state index >= 15 is 0 Å². The molecule has 0 aromatic heterocycles. The van der Waals surface area contributed by atoms with Crippen molar-refractivity contribution in [2.45, 2.75) is 6.42 Å². The molecule has 4 heteroatoms. The van der Waals surface area contributed by atoms with E-state index in [-0.39, 0.29) is 12.3 Å². The van der Waals surface area contributed by atoms with E-state index in [4.69, 9.17) is 5.73 Å². The molecule has 0 aromatic carbocycles. The zero-order valence-corrected chi connectivity index (χ0v) is 6.67. The molecule has 3 nitrogen and oxygen atoms in total. The van der Waals surface area contributed by atoms with E-state index in [1.807, 2.05) is 11.5 Å². The highest BCUT2D eigenvalue weighted by molar-refractivity contribution is 8.01. The second kappa shape index (κ2) is 3.98. The summed E-state index contributed by atoms with van der Waals surface area (Å²) in [5.74, 6) is -0.318. The third-order valence-corrected chi connectivity index (χ3v) is 1.63. The van der Waals surface area contributed by atoms with Crippen LogP contribution in [0.2, 0.25) is 0 Å². The second-order valence-corrected chi connectivity index (χ2v) is 2.74. The molecule has 1 rings (SSSR count). The zero-order valence-electron chi connectivity index (χ0n) is 5.86. The van der Waals surface area contributed by atoms with Crippen LogP contribution in [0.3, 0.4) is 0 Å². The fourth-order valence-corrected chi connectivity index (χ4v) is 1.13. The van der Waals surface area contributed by atoms with Crippen molar-refractivity contribution < 1.29 is 4.79 Å². The highest BCUT2D eigenvalue weighted by atomic mass is 32.2. The Kier molecular flexibility index (Phi) is 2.92. The lowest BCUT2D eigenvalue weighted by molar-refractivity contribution is -0.117. The lowest BCUT2D eigenvalue weighted by Crippen LogP contribution is -2.10. The summed E-state index contributed by atoms with van der Waals surface area (Å²) < 4.78 is 3.90. The Morgan fingerprint density at radius 2 is 2.55 bits per heavy atom. The Bertz CT molecular complexity index is 243. The van der Waals surface area contributed by atoms with Crippen LogP contribution in [0.5, 0.6) is 0 Å². The summed E-state index contributed by atoms with van der Waals surface area (Å²) in [4.78, 5) is 10.5. The summed E-state index contributed by atoms with van der Waals surface area (Å²) in [6.07, 6.45) is 5.55. The maximum Gasteiger partial charge on any atom is 0.221 e. The smallest absolute Gasteiger partial charge is 0.221 e. The van der Waals surface area contributed by atoms with Gasteiger partial charge in [-0.15, -0.1) is 0 Å². The van der Waals surface area contributed by atoms with Crippen LogP contribution in [-0.2, 0) is 4.79 Å². The Morgan fingerprint density at radius 3 is 3.27 bits per heavy atom. The van der Waals surface area contributed by atoms with Gasteiger partial charge in [0.2, 0.25) is 5.91 Å². The Morgan fingerprint density at radius 1 is 1.73 bits per heavy atom. The molecule has 0 bridgehead atoms. The number of amides is 1. The molecule has 2 N–H and O–H groups in total. The molecule has 0 saturated heterocycles. The van der Waals surface area contributed by atoms with Gasteiger partial charge >= 0.3 is 0 Å². The third kappa shape index (κ3) is 3.04. The fraction of sp³-hybridized carbons (Fsp3) is 0.143. The van der Waals surface area contributed by atoms with Crippen molar-refractivity contribution in [2.75, 3.05) is 0 Å². The first-order chi connectivity index (χ1) is 5.29. The van der Waals surface area contributed by atoms with E-state index in [2.05, 4.69) is 4.40 Å². The minimum absolute atomic E-state index is 0.281. The van der Waals surface area contributed by atoms with Gasteiger partial charge in [0.25, 0.3) is 0 Å². The third-order valence-electron chi connectivity index (χ3n) is 1.13. The van der Waals surface area contributed by atoms with Gasteiger partial charge in [0.1, 0.15) is 0 Å². The molecule has 0 radical (unpaired) electrons. The molecular formula is C7H8N2OS. The largest absolute Gasteiger partial charge is 0.369 e. The van der Waals surface area contributed by atoms with Crippen molar-refractivity contribution in [3.8, 4) is 0 Å². The summed E-state index contributed by atoms with van der Waals surface area (Å²) in [7, 11) is 0. The number of nitrogens with zero attached hydrogens (tertiary/aromatic N) is 1. The Labute approximate surface area is 69.2 Å². The molecule has 0 atom stereocenters. The molecular weight excluding hydrogens is 160 g/mol. The Hall–Kier alpha value is -1.03. The molecule has 0 aliphatic carbocycles. The fourth-order valence-electron chi connectivity index (χ4n) is 0.689. The van der Waals surface area contributed by atoms with Gasteiger partial charge in [-0.3, -0.25) is 4.79 Å². The van der Waals surface area contributed by atoms with E-state index in [1.54, 1.807) is 12.3 Å². The molecule has 0 saturated carbocycles. The number of allylic oxidation sites excluding steroid dienone is 2. The van der Waals surface area contributed by atoms with Gasteiger partial charge in [0, 0.05) is 18.2 Å². The standard InChI is InChI=1S/C7H8N2OS/c8-7(10)5-6-1-3-9-11-4-2-6/h1-4H,5H2,(H2,8,10). The topological polar surface area (TPSA) is 55.5 Å². The molecule has 58 valence electrons. The normalized spacial score (nSPS) is 15.8. The first-order valence-electron chi connectivity index (χ1n) is 3.12. The summed E-state index contributed by atoms with van der Waals surface area (Å²) in [5, 5.41) is 1.82. The van der Waals surface area contributed by atoms with E-state index in [0.29, 0.717) is 0 Å². The molecule has 0 spiro atoms. The number of carbonyl (C=O) groups excluding carboxylic acids is 1. The van der Waals surface area contributed by atoms with Crippen LogP contribution in [0, 0.1) is 0 Å². The molecule has 1 amide bonds. The predicted octanol–water partition coefficient (Wildman–Crippen LogP) is 1.03. The van der Waals surface area contributed by atoms with Crippen molar-refractivity contribution in [3.63, 3.8) is 0 Å². The molecule has 0 unspecified atom stereocenters. The van der Waals surface area contributed by atoms with Crippen LogP contribution in [0.15, 0.2) is 27.5 Å². The first kappa shape index (κ1) is 8.07. The highest BCUT2D eigenvalue weighted by Gasteiger charge is 1.98. The maximum atomic E-state index is 10.5. The van der Waals surface area contributed by atoms with Crippen molar-refractivity contribution in [2.24, 2.45) is 10.1 Å². The first-order valence-corrected chi connectivity index (χ1v) is 3.96. The summed E-state index contributed by atoms with van der Waals surface area (Å²) in [6, 6.07) is 0. The lowest BCUT2D eigenvalue weighted by Gasteiger charge is -1.93. The summed E-state index contributed by atoms with van der Waals surface area (Å²) >= 11 is 1.33. The number of hydrogen-bond acceptors (Lipinski definition) is 3. The van der Waals surface area contributed by atoms with E-state index in [1.165, 1.54) is 11.9 Å². The summed E-state index contributed by atoms with van der Waals surface area (Å²) in [5.41, 5.74) is 5.90. The van der Waals surface area contributed by atoms with Crippen molar-refractivity contribution in [1.29, 1.82) is 0 Å². The molecule has 0 fully saturated rings. The molecule has 1 heterocycles. The van der Waals surface area contributed by atoms with Crippen LogP contribution in [0.4, 0.5) is 0 Å². The van der Waals surface area contributed by atoms with E-state index in [0.717, 1.165) is 5.57 Å². The predicted molar refractivity (Wildman–Crippen MR) is 47.1 cm³/mol. The Balaban J connectivity index is 2.62. The molecule has 1 aliphatic heterocycles. The van der Waals surface area contributed by atoms with Gasteiger partial charge in [-0.2, -0.15) is 0 Å². The zero-order chi connectivity index (χ0) is 8.10. The van der Waals surface area contributed by atoms with Gasteiger partial charge in [-0.1, -0.05) is 6.08 Å². The molecule has 11 heavy (non-hydrogen) atoms. The summed E-state index contributed by atoms with van der Waals surface area (Å²) in [6.45, 7) is 0. The van der Waals surface area contributed by atoms with Crippen LogP contribution < -0.4 is 5.73 Å². The maximum absolute atomic E-state index is 10.5. The second-order valence-electron chi connectivity index (χ2n) is 2.05. The SMILES string of the molecule is NC(=O)CC1=CC=NSC=C1. The van der Waals surface area contributed by atoms with Gasteiger partial charge in [0.05, 0.1) is 6.42 Å². The van der Waals surface area contributed by atoms with Crippen LogP contribution in [0.25, 0.3) is 0 Å². The monoisotopic (exact) mass is 168 g/mol. The van der Waals surface area contributed by atoms with Crippen molar-refractivity contribution >= 4 is 24.1 Å². The van der Waals surface area contributed by atoms with Gasteiger partial charge in [0.15, 0.2) is 0 Å². The van der Waals surface area contributed by atoms with Crippen LogP contribution >= 0.6 is 11.9 Å². The van der Waals surface area contributed by atoms with Crippen molar-refractivity contribution in [1.82, 2.24) is 0 Å².